The van der Waals surface area contributed by atoms with Crippen molar-refractivity contribution in [3.8, 4) is 0 Å². The van der Waals surface area contributed by atoms with E-state index in [0.29, 0.717) is 12.0 Å². The summed E-state index contributed by atoms with van der Waals surface area (Å²) in [5.41, 5.74) is 8.28. The number of pyridine rings is 1. The molecule has 0 aliphatic heterocycles. The van der Waals surface area contributed by atoms with Crippen LogP contribution < -0.4 is 5.73 Å². The van der Waals surface area contributed by atoms with Crippen LogP contribution in [0.2, 0.25) is 0 Å². The summed E-state index contributed by atoms with van der Waals surface area (Å²) in [4.78, 5) is 9.17. The molecule has 2 aromatic rings. The summed E-state index contributed by atoms with van der Waals surface area (Å²) in [7, 11) is 0. The lowest BCUT2D eigenvalue weighted by atomic mass is 10.0. The lowest BCUT2D eigenvalue weighted by molar-refractivity contribution is 0.477. The molecule has 2 N–H and O–H groups in total. The second kappa shape index (κ2) is 4.35. The zero-order chi connectivity index (χ0) is 12.7. The van der Waals surface area contributed by atoms with Crippen molar-refractivity contribution in [3.05, 3.63) is 24.2 Å². The van der Waals surface area contributed by atoms with E-state index in [-0.39, 0.29) is 6.04 Å². The molecule has 1 saturated carbocycles. The van der Waals surface area contributed by atoms with Gasteiger partial charge in [0.2, 0.25) is 0 Å². The highest BCUT2D eigenvalue weighted by atomic mass is 15.2. The van der Waals surface area contributed by atoms with E-state index in [9.17, 15) is 0 Å². The Morgan fingerprint density at radius 2 is 2.22 bits per heavy atom. The summed E-state index contributed by atoms with van der Waals surface area (Å²) in [6.07, 6.45) is 5.25. The molecule has 1 aliphatic rings. The van der Waals surface area contributed by atoms with Gasteiger partial charge in [-0.15, -0.1) is 0 Å². The van der Waals surface area contributed by atoms with E-state index in [1.165, 1.54) is 12.8 Å². The summed E-state index contributed by atoms with van der Waals surface area (Å²) in [5.74, 6) is 1.60. The minimum atomic E-state index is 0.0137. The van der Waals surface area contributed by atoms with Crippen molar-refractivity contribution in [2.75, 3.05) is 0 Å². The minimum Gasteiger partial charge on any atom is -0.321 e. The number of nitrogens with two attached hydrogens (primary N) is 1. The smallest absolute Gasteiger partial charge is 0.160 e. The molecule has 1 unspecified atom stereocenters. The standard InChI is InChI=1S/C14H20N4/c1-9(2)8-11(15)13-17-12-4-3-7-16-14(12)18(13)10-5-6-10/h3-4,7,9-11H,5-6,8,15H2,1-2H3. The van der Waals surface area contributed by atoms with Crippen LogP contribution in [0.4, 0.5) is 0 Å². The van der Waals surface area contributed by atoms with Crippen molar-refractivity contribution >= 4 is 11.2 Å². The molecule has 18 heavy (non-hydrogen) atoms. The van der Waals surface area contributed by atoms with Crippen molar-refractivity contribution in [3.63, 3.8) is 0 Å². The fourth-order valence-corrected chi connectivity index (χ4v) is 2.51. The van der Waals surface area contributed by atoms with Gasteiger partial charge in [0, 0.05) is 12.2 Å². The van der Waals surface area contributed by atoms with Crippen LogP contribution in [0, 0.1) is 5.92 Å². The van der Waals surface area contributed by atoms with E-state index < -0.39 is 0 Å². The fourth-order valence-electron chi connectivity index (χ4n) is 2.51. The van der Waals surface area contributed by atoms with Gasteiger partial charge in [0.05, 0.1) is 6.04 Å². The number of aromatic nitrogens is 3. The SMILES string of the molecule is CC(C)CC(N)c1nc2cccnc2n1C1CC1. The first-order valence-corrected chi connectivity index (χ1v) is 6.75. The van der Waals surface area contributed by atoms with Crippen molar-refractivity contribution in [1.29, 1.82) is 0 Å². The van der Waals surface area contributed by atoms with Gasteiger partial charge in [0.1, 0.15) is 11.3 Å². The molecular formula is C14H20N4. The molecule has 96 valence electrons. The van der Waals surface area contributed by atoms with E-state index in [1.807, 2.05) is 18.3 Å². The highest BCUT2D eigenvalue weighted by molar-refractivity contribution is 5.71. The Labute approximate surface area is 107 Å². The third-order valence-electron chi connectivity index (χ3n) is 3.45. The first kappa shape index (κ1) is 11.7. The second-order valence-corrected chi connectivity index (χ2v) is 5.65. The molecular weight excluding hydrogens is 224 g/mol. The summed E-state index contributed by atoms with van der Waals surface area (Å²) < 4.78 is 2.27. The molecule has 1 fully saturated rings. The normalized spacial score (nSPS) is 17.6. The average Bonchev–Trinajstić information content (AvgIpc) is 3.08. The van der Waals surface area contributed by atoms with Crippen molar-refractivity contribution in [1.82, 2.24) is 14.5 Å². The predicted molar refractivity (Wildman–Crippen MR) is 72.2 cm³/mol. The third-order valence-corrected chi connectivity index (χ3v) is 3.45. The highest BCUT2D eigenvalue weighted by Crippen LogP contribution is 2.39. The number of hydrogen-bond donors (Lipinski definition) is 1. The number of hydrogen-bond acceptors (Lipinski definition) is 3. The van der Waals surface area contributed by atoms with Gasteiger partial charge in [-0.25, -0.2) is 9.97 Å². The van der Waals surface area contributed by atoms with Gasteiger partial charge in [0.25, 0.3) is 0 Å². The molecule has 2 aromatic heterocycles. The van der Waals surface area contributed by atoms with Gasteiger partial charge in [-0.1, -0.05) is 13.8 Å². The molecule has 0 aromatic carbocycles. The van der Waals surface area contributed by atoms with Gasteiger partial charge in [0.15, 0.2) is 5.65 Å². The summed E-state index contributed by atoms with van der Waals surface area (Å²) in [6, 6.07) is 4.54. The van der Waals surface area contributed by atoms with E-state index >= 15 is 0 Å². The Morgan fingerprint density at radius 1 is 1.44 bits per heavy atom. The van der Waals surface area contributed by atoms with Crippen LogP contribution in [-0.2, 0) is 0 Å². The monoisotopic (exact) mass is 244 g/mol. The molecule has 0 saturated heterocycles. The van der Waals surface area contributed by atoms with Gasteiger partial charge in [-0.2, -0.15) is 0 Å². The van der Waals surface area contributed by atoms with E-state index in [4.69, 9.17) is 10.7 Å². The molecule has 1 aliphatic carbocycles. The Kier molecular flexibility index (Phi) is 2.82. The van der Waals surface area contributed by atoms with Crippen LogP contribution in [0.3, 0.4) is 0 Å². The zero-order valence-corrected chi connectivity index (χ0v) is 11.0. The lowest BCUT2D eigenvalue weighted by Gasteiger charge is -2.15. The molecule has 0 bridgehead atoms. The predicted octanol–water partition coefficient (Wildman–Crippen LogP) is 2.81. The largest absolute Gasteiger partial charge is 0.321 e. The number of fused-ring (bicyclic) bond motifs is 1. The molecule has 4 heteroatoms. The molecule has 3 rings (SSSR count). The van der Waals surface area contributed by atoms with Crippen molar-refractivity contribution in [2.45, 2.75) is 45.2 Å². The van der Waals surface area contributed by atoms with Crippen molar-refractivity contribution in [2.24, 2.45) is 11.7 Å². The van der Waals surface area contributed by atoms with Crippen molar-refractivity contribution < 1.29 is 0 Å². The maximum Gasteiger partial charge on any atom is 0.160 e. The topological polar surface area (TPSA) is 56.7 Å². The molecule has 1 atom stereocenters. The molecule has 0 amide bonds. The summed E-state index contributed by atoms with van der Waals surface area (Å²) >= 11 is 0. The maximum absolute atomic E-state index is 6.32. The highest BCUT2D eigenvalue weighted by Gasteiger charge is 2.30. The number of imidazole rings is 1. The van der Waals surface area contributed by atoms with Gasteiger partial charge < -0.3 is 10.3 Å². The van der Waals surface area contributed by atoms with Gasteiger partial charge in [-0.3, -0.25) is 0 Å². The Bertz CT molecular complexity index is 554. The van der Waals surface area contributed by atoms with Crippen LogP contribution in [0.1, 0.15) is 51.0 Å². The van der Waals surface area contributed by atoms with E-state index in [0.717, 1.165) is 23.4 Å². The molecule has 2 heterocycles. The molecule has 0 radical (unpaired) electrons. The molecule has 0 spiro atoms. The zero-order valence-electron chi connectivity index (χ0n) is 11.0. The minimum absolute atomic E-state index is 0.0137. The maximum atomic E-state index is 6.32. The van der Waals surface area contributed by atoms with Crippen LogP contribution >= 0.6 is 0 Å². The second-order valence-electron chi connectivity index (χ2n) is 5.65. The number of nitrogens with zero attached hydrogens (tertiary/aromatic N) is 3. The molecule has 4 nitrogen and oxygen atoms in total. The van der Waals surface area contributed by atoms with E-state index in [2.05, 4.69) is 23.4 Å². The lowest BCUT2D eigenvalue weighted by Crippen LogP contribution is -2.18. The Balaban J connectivity index is 2.07. The van der Waals surface area contributed by atoms with E-state index in [1.54, 1.807) is 0 Å². The van der Waals surface area contributed by atoms with Gasteiger partial charge >= 0.3 is 0 Å². The first-order chi connectivity index (χ1) is 8.66. The summed E-state index contributed by atoms with van der Waals surface area (Å²) in [5, 5.41) is 0. The van der Waals surface area contributed by atoms with Gasteiger partial charge in [-0.05, 0) is 37.3 Å². The number of rotatable bonds is 4. The third kappa shape index (κ3) is 2.01. The summed E-state index contributed by atoms with van der Waals surface area (Å²) in [6.45, 7) is 4.39. The quantitative estimate of drug-likeness (QED) is 0.899. The Morgan fingerprint density at radius 3 is 2.89 bits per heavy atom. The fraction of sp³-hybridized carbons (Fsp3) is 0.571. The average molecular weight is 244 g/mol. The Hall–Kier alpha value is -1.42. The van der Waals surface area contributed by atoms with Crippen LogP contribution in [0.25, 0.3) is 11.2 Å². The van der Waals surface area contributed by atoms with Crippen LogP contribution in [-0.4, -0.2) is 14.5 Å². The van der Waals surface area contributed by atoms with Crippen LogP contribution in [0.15, 0.2) is 18.3 Å². The first-order valence-electron chi connectivity index (χ1n) is 6.75. The van der Waals surface area contributed by atoms with Crippen LogP contribution in [0.5, 0.6) is 0 Å².